The van der Waals surface area contributed by atoms with E-state index in [-0.39, 0.29) is 0 Å². The smallest absolute Gasteiger partial charge is 0.374 e. The van der Waals surface area contributed by atoms with Gasteiger partial charge in [0.25, 0.3) is 0 Å². The summed E-state index contributed by atoms with van der Waals surface area (Å²) in [4.78, 5) is 2.47. The maximum Gasteiger partial charge on any atom is 0.500 e. The molecule has 0 radical (unpaired) electrons. The van der Waals surface area contributed by atoms with Crippen LogP contribution in [0.3, 0.4) is 0 Å². The second-order valence-corrected chi connectivity index (χ2v) is 14.1. The van der Waals surface area contributed by atoms with Crippen LogP contribution in [0, 0.1) is 0 Å². The molecule has 0 spiro atoms. The monoisotopic (exact) mass is 523 g/mol. The maximum absolute atomic E-state index is 5.95. The average molecular weight is 524 g/mol. The summed E-state index contributed by atoms with van der Waals surface area (Å²) in [6.07, 6.45) is 9.64. The summed E-state index contributed by atoms with van der Waals surface area (Å²) in [7, 11) is -2.68. The zero-order valence-corrected chi connectivity index (χ0v) is 25.6. The Morgan fingerprint density at radius 3 is 0.941 bits per heavy atom. The van der Waals surface area contributed by atoms with E-state index in [9.17, 15) is 0 Å². The Bertz CT molecular complexity index is 376. The minimum absolute atomic E-state index is 0.658. The molecule has 206 valence electrons. The Hall–Kier alpha value is 0.154. The third-order valence-electron chi connectivity index (χ3n) is 5.73. The SMILES string of the molecule is CCO[Si](CCCCCCN(C)CCCCCC[Si](OCC)(OCC)OCC)(OCC)OCC. The van der Waals surface area contributed by atoms with Gasteiger partial charge < -0.3 is 31.5 Å². The van der Waals surface area contributed by atoms with Gasteiger partial charge in [-0.3, -0.25) is 0 Å². The van der Waals surface area contributed by atoms with E-state index in [4.69, 9.17) is 26.6 Å². The summed E-state index contributed by atoms with van der Waals surface area (Å²) in [5.74, 6) is 0. The van der Waals surface area contributed by atoms with Gasteiger partial charge in [-0.1, -0.05) is 25.7 Å². The molecule has 9 heteroatoms. The average Bonchev–Trinajstić information content (AvgIpc) is 2.79. The topological polar surface area (TPSA) is 58.6 Å². The van der Waals surface area contributed by atoms with E-state index in [0.29, 0.717) is 39.6 Å². The zero-order valence-electron chi connectivity index (χ0n) is 23.6. The van der Waals surface area contributed by atoms with Crippen LogP contribution < -0.4 is 0 Å². The molecule has 0 heterocycles. The molecule has 0 unspecified atom stereocenters. The quantitative estimate of drug-likeness (QED) is 0.0997. The fourth-order valence-electron chi connectivity index (χ4n) is 4.27. The summed E-state index contributed by atoms with van der Waals surface area (Å²) in [6, 6.07) is 1.86. The second kappa shape index (κ2) is 22.4. The van der Waals surface area contributed by atoms with E-state index >= 15 is 0 Å². The second-order valence-electron chi connectivity index (χ2n) is 8.60. The summed E-state index contributed by atoms with van der Waals surface area (Å²) in [5.41, 5.74) is 0. The Labute approximate surface area is 213 Å². The van der Waals surface area contributed by atoms with Crippen molar-refractivity contribution < 1.29 is 26.6 Å². The molecule has 0 aromatic heterocycles. The predicted molar refractivity (Wildman–Crippen MR) is 145 cm³/mol. The first-order valence-corrected chi connectivity index (χ1v) is 17.8. The van der Waals surface area contributed by atoms with Crippen LogP contribution in [0.25, 0.3) is 0 Å². The third-order valence-corrected chi connectivity index (χ3v) is 12.0. The fraction of sp³-hybridized carbons (Fsp3) is 1.00. The van der Waals surface area contributed by atoms with Crippen molar-refractivity contribution in [2.75, 3.05) is 59.8 Å². The molecule has 0 bridgehead atoms. The van der Waals surface area contributed by atoms with Crippen LogP contribution in [0.2, 0.25) is 12.1 Å². The number of hydrogen-bond acceptors (Lipinski definition) is 7. The maximum atomic E-state index is 5.95. The van der Waals surface area contributed by atoms with Crippen molar-refractivity contribution in [3.05, 3.63) is 0 Å². The molecule has 0 saturated heterocycles. The highest BCUT2D eigenvalue weighted by Crippen LogP contribution is 2.21. The van der Waals surface area contributed by atoms with E-state index < -0.39 is 17.6 Å². The minimum atomic E-state index is -2.46. The van der Waals surface area contributed by atoms with Gasteiger partial charge in [-0.2, -0.15) is 0 Å². The van der Waals surface area contributed by atoms with Crippen LogP contribution in [0.4, 0.5) is 0 Å². The lowest BCUT2D eigenvalue weighted by Gasteiger charge is -2.28. The Balaban J connectivity index is 3.96. The lowest BCUT2D eigenvalue weighted by atomic mass is 10.2. The molecule has 0 fully saturated rings. The molecule has 0 amide bonds. The van der Waals surface area contributed by atoms with Crippen molar-refractivity contribution >= 4 is 17.6 Å². The fourth-order valence-corrected chi connectivity index (χ4v) is 9.64. The summed E-state index contributed by atoms with van der Waals surface area (Å²) >= 11 is 0. The Morgan fingerprint density at radius 1 is 0.412 bits per heavy atom. The third kappa shape index (κ3) is 16.0. The largest absolute Gasteiger partial charge is 0.500 e. The van der Waals surface area contributed by atoms with Gasteiger partial charge in [0.15, 0.2) is 0 Å². The molecular weight excluding hydrogens is 466 g/mol. The van der Waals surface area contributed by atoms with Crippen molar-refractivity contribution in [1.29, 1.82) is 0 Å². The van der Waals surface area contributed by atoms with Crippen LogP contribution in [0.5, 0.6) is 0 Å². The van der Waals surface area contributed by atoms with Gasteiger partial charge in [0.05, 0.1) is 0 Å². The summed E-state index contributed by atoms with van der Waals surface area (Å²) < 4.78 is 35.7. The van der Waals surface area contributed by atoms with Gasteiger partial charge in [-0.05, 0) is 87.4 Å². The number of unbranched alkanes of at least 4 members (excludes halogenated alkanes) is 6. The number of rotatable bonds is 26. The van der Waals surface area contributed by atoms with Crippen molar-refractivity contribution in [1.82, 2.24) is 4.90 Å². The van der Waals surface area contributed by atoms with Crippen molar-refractivity contribution in [3.63, 3.8) is 0 Å². The highest BCUT2D eigenvalue weighted by atomic mass is 28.4. The molecule has 0 N–H and O–H groups in total. The number of hydrogen-bond donors (Lipinski definition) is 0. The predicted octanol–water partition coefficient (Wildman–Crippen LogP) is 6.14. The molecule has 0 rings (SSSR count). The van der Waals surface area contributed by atoms with Crippen LogP contribution in [0.1, 0.15) is 92.9 Å². The first-order valence-electron chi connectivity index (χ1n) is 14.0. The van der Waals surface area contributed by atoms with Crippen LogP contribution >= 0.6 is 0 Å². The Morgan fingerprint density at radius 2 is 0.676 bits per heavy atom. The highest BCUT2D eigenvalue weighted by molar-refractivity contribution is 6.61. The first-order chi connectivity index (χ1) is 16.5. The van der Waals surface area contributed by atoms with Gasteiger partial charge >= 0.3 is 17.6 Å². The minimum Gasteiger partial charge on any atom is -0.374 e. The summed E-state index contributed by atoms with van der Waals surface area (Å²) in [6.45, 7) is 18.4. The van der Waals surface area contributed by atoms with Gasteiger partial charge in [-0.25, -0.2) is 0 Å². The molecule has 0 aliphatic heterocycles. The first kappa shape index (κ1) is 34.2. The van der Waals surface area contributed by atoms with Crippen LogP contribution in [-0.2, 0) is 26.6 Å². The van der Waals surface area contributed by atoms with E-state index in [0.717, 1.165) is 24.9 Å². The van der Waals surface area contributed by atoms with E-state index in [2.05, 4.69) is 11.9 Å². The molecule has 0 saturated carbocycles. The highest BCUT2D eigenvalue weighted by Gasteiger charge is 2.40. The van der Waals surface area contributed by atoms with Gasteiger partial charge in [0, 0.05) is 51.7 Å². The van der Waals surface area contributed by atoms with Crippen LogP contribution in [-0.4, -0.2) is 82.3 Å². The molecule has 0 aliphatic carbocycles. The van der Waals surface area contributed by atoms with Gasteiger partial charge in [-0.15, -0.1) is 0 Å². The molecule has 34 heavy (non-hydrogen) atoms. The normalized spacial score (nSPS) is 12.7. The van der Waals surface area contributed by atoms with Crippen molar-refractivity contribution in [2.45, 2.75) is 105 Å². The molecule has 0 aromatic rings. The molecular formula is C25H57NO6Si2. The lowest BCUT2D eigenvalue weighted by molar-refractivity contribution is 0.0698. The molecule has 0 aromatic carbocycles. The standard InChI is InChI=1S/C25H57NO6Si2/c1-8-27-33(28-9-2,29-10-3)24-20-16-14-18-22-26(7)23-19-15-17-21-25-34(30-11-4,31-12-5)32-13-6/h8-25H2,1-7H3. The van der Waals surface area contributed by atoms with E-state index in [1.54, 1.807) is 0 Å². The summed E-state index contributed by atoms with van der Waals surface area (Å²) in [5, 5.41) is 0. The zero-order chi connectivity index (χ0) is 25.5. The van der Waals surface area contributed by atoms with Gasteiger partial charge in [0.2, 0.25) is 0 Å². The number of nitrogens with zero attached hydrogens (tertiary/aromatic N) is 1. The molecule has 0 aliphatic rings. The van der Waals surface area contributed by atoms with Crippen molar-refractivity contribution in [3.8, 4) is 0 Å². The van der Waals surface area contributed by atoms with E-state index in [1.165, 1.54) is 51.6 Å². The van der Waals surface area contributed by atoms with Crippen LogP contribution in [0.15, 0.2) is 0 Å². The molecule has 7 nitrogen and oxygen atoms in total. The Kier molecular flexibility index (Phi) is 22.5. The van der Waals surface area contributed by atoms with Crippen molar-refractivity contribution in [2.24, 2.45) is 0 Å². The van der Waals surface area contributed by atoms with E-state index in [1.807, 2.05) is 41.5 Å². The van der Waals surface area contributed by atoms with Gasteiger partial charge in [0.1, 0.15) is 0 Å². The molecule has 0 atom stereocenters. The lowest BCUT2D eigenvalue weighted by Crippen LogP contribution is -2.45.